The summed E-state index contributed by atoms with van der Waals surface area (Å²) in [5, 5.41) is 3.85. The molecule has 0 bridgehead atoms. The van der Waals surface area contributed by atoms with E-state index >= 15 is 0 Å². The highest BCUT2D eigenvalue weighted by Crippen LogP contribution is 2.29. The number of carbonyl (C=O) groups excluding carboxylic acids is 1. The lowest BCUT2D eigenvalue weighted by atomic mass is 10.1. The lowest BCUT2D eigenvalue weighted by Gasteiger charge is -2.18. The molecule has 4 nitrogen and oxygen atoms in total. The first-order valence-corrected chi connectivity index (χ1v) is 8.85. The summed E-state index contributed by atoms with van der Waals surface area (Å²) in [6, 6.07) is 14.2. The SMILES string of the molecule is C[C@@H](NC(=O)CN(C)Cc1ccc(C(F)(F)F)cc1)c1cc2ccccc2o1. The Bertz CT molecular complexity index is 915. The number of para-hydroxylation sites is 1. The van der Waals surface area contributed by atoms with E-state index in [4.69, 9.17) is 4.42 Å². The number of rotatable bonds is 6. The molecule has 28 heavy (non-hydrogen) atoms. The Balaban J connectivity index is 1.53. The van der Waals surface area contributed by atoms with Gasteiger partial charge in [-0.05, 0) is 43.8 Å². The highest BCUT2D eigenvalue weighted by molar-refractivity contribution is 5.80. The van der Waals surface area contributed by atoms with Crippen molar-refractivity contribution in [3.63, 3.8) is 0 Å². The minimum atomic E-state index is -4.35. The molecule has 0 saturated carbocycles. The van der Waals surface area contributed by atoms with Crippen LogP contribution in [0.25, 0.3) is 11.0 Å². The molecule has 7 heteroatoms. The Morgan fingerprint density at radius 1 is 1.14 bits per heavy atom. The van der Waals surface area contributed by atoms with Crippen molar-refractivity contribution < 1.29 is 22.4 Å². The summed E-state index contributed by atoms with van der Waals surface area (Å²) in [5.41, 5.74) is 0.781. The van der Waals surface area contributed by atoms with E-state index in [0.717, 1.165) is 23.1 Å². The number of alkyl halides is 3. The summed E-state index contributed by atoms with van der Waals surface area (Å²) >= 11 is 0. The van der Waals surface area contributed by atoms with Crippen LogP contribution in [0.5, 0.6) is 0 Å². The van der Waals surface area contributed by atoms with E-state index in [0.29, 0.717) is 17.9 Å². The van der Waals surface area contributed by atoms with Gasteiger partial charge in [0, 0.05) is 11.9 Å². The normalized spacial score (nSPS) is 13.1. The van der Waals surface area contributed by atoms with Crippen molar-refractivity contribution in [3.8, 4) is 0 Å². The summed E-state index contributed by atoms with van der Waals surface area (Å²) in [4.78, 5) is 14.0. The quantitative estimate of drug-likeness (QED) is 0.660. The lowest BCUT2D eigenvalue weighted by Crippen LogP contribution is -2.36. The average molecular weight is 390 g/mol. The smallest absolute Gasteiger partial charge is 0.416 e. The van der Waals surface area contributed by atoms with Crippen LogP contribution in [0.15, 0.2) is 59.0 Å². The van der Waals surface area contributed by atoms with Gasteiger partial charge in [-0.25, -0.2) is 0 Å². The molecular formula is C21H21F3N2O2. The predicted molar refractivity (Wildman–Crippen MR) is 101 cm³/mol. The molecule has 0 spiro atoms. The maximum absolute atomic E-state index is 12.6. The molecule has 3 aromatic rings. The number of benzene rings is 2. The average Bonchev–Trinajstić information content (AvgIpc) is 3.05. The number of amides is 1. The van der Waals surface area contributed by atoms with Gasteiger partial charge in [0.2, 0.25) is 5.91 Å². The van der Waals surface area contributed by atoms with E-state index in [2.05, 4.69) is 5.32 Å². The molecule has 0 aliphatic heterocycles. The Hall–Kier alpha value is -2.80. The summed E-state index contributed by atoms with van der Waals surface area (Å²) in [6.07, 6.45) is -4.35. The van der Waals surface area contributed by atoms with Gasteiger partial charge in [0.05, 0.1) is 18.2 Å². The van der Waals surface area contributed by atoms with Crippen LogP contribution in [0.3, 0.4) is 0 Å². The third-order valence-electron chi connectivity index (χ3n) is 4.40. The number of halogens is 3. The van der Waals surface area contributed by atoms with Crippen LogP contribution in [-0.2, 0) is 17.5 Å². The molecule has 0 unspecified atom stereocenters. The van der Waals surface area contributed by atoms with Crippen LogP contribution in [0.4, 0.5) is 13.2 Å². The summed E-state index contributed by atoms with van der Waals surface area (Å²) in [7, 11) is 1.74. The van der Waals surface area contributed by atoms with Crippen LogP contribution in [-0.4, -0.2) is 24.4 Å². The molecular weight excluding hydrogens is 369 g/mol. The summed E-state index contributed by atoms with van der Waals surface area (Å²) in [6.45, 7) is 2.32. The van der Waals surface area contributed by atoms with Crippen molar-refractivity contribution in [2.45, 2.75) is 25.7 Å². The molecule has 148 valence electrons. The second-order valence-electron chi connectivity index (χ2n) is 6.84. The van der Waals surface area contributed by atoms with Gasteiger partial charge in [-0.3, -0.25) is 9.69 Å². The topological polar surface area (TPSA) is 45.5 Å². The highest BCUT2D eigenvalue weighted by Gasteiger charge is 2.29. The number of furan rings is 1. The van der Waals surface area contributed by atoms with Crippen molar-refractivity contribution >= 4 is 16.9 Å². The van der Waals surface area contributed by atoms with Crippen LogP contribution in [0, 0.1) is 0 Å². The first-order chi connectivity index (χ1) is 13.2. The first-order valence-electron chi connectivity index (χ1n) is 8.85. The van der Waals surface area contributed by atoms with Gasteiger partial charge in [-0.2, -0.15) is 13.2 Å². The van der Waals surface area contributed by atoms with Crippen molar-refractivity contribution in [3.05, 3.63) is 71.5 Å². The van der Waals surface area contributed by atoms with E-state index < -0.39 is 11.7 Å². The summed E-state index contributed by atoms with van der Waals surface area (Å²) < 4.78 is 43.6. The fraction of sp³-hybridized carbons (Fsp3) is 0.286. The Morgan fingerprint density at radius 2 is 1.82 bits per heavy atom. The second kappa shape index (κ2) is 8.06. The lowest BCUT2D eigenvalue weighted by molar-refractivity contribution is -0.137. The molecule has 1 aromatic heterocycles. The number of nitrogens with one attached hydrogen (secondary N) is 1. The van der Waals surface area contributed by atoms with Crippen LogP contribution >= 0.6 is 0 Å². The number of fused-ring (bicyclic) bond motifs is 1. The van der Waals surface area contributed by atoms with E-state index in [-0.39, 0.29) is 18.5 Å². The minimum Gasteiger partial charge on any atom is -0.459 e. The highest BCUT2D eigenvalue weighted by atomic mass is 19.4. The zero-order valence-electron chi connectivity index (χ0n) is 15.6. The standard InChI is InChI=1S/C21H21F3N2O2/c1-14(19-11-16-5-3-4-6-18(16)28-19)25-20(27)13-26(2)12-15-7-9-17(10-8-15)21(22,23)24/h3-11,14H,12-13H2,1-2H3,(H,25,27)/t14-/m1/s1. The predicted octanol–water partition coefficient (Wildman–Crippen LogP) is 4.76. The maximum atomic E-state index is 12.6. The molecule has 0 radical (unpaired) electrons. The molecule has 2 aromatic carbocycles. The molecule has 0 saturated heterocycles. The minimum absolute atomic E-state index is 0.117. The molecule has 1 heterocycles. The van der Waals surface area contributed by atoms with Gasteiger partial charge < -0.3 is 9.73 Å². The molecule has 0 fully saturated rings. The molecule has 3 rings (SSSR count). The molecule has 1 N–H and O–H groups in total. The van der Waals surface area contributed by atoms with Crippen molar-refractivity contribution in [2.24, 2.45) is 0 Å². The number of likely N-dealkylation sites (N-methyl/N-ethyl adjacent to an activating group) is 1. The van der Waals surface area contributed by atoms with Gasteiger partial charge >= 0.3 is 6.18 Å². The van der Waals surface area contributed by atoms with Crippen molar-refractivity contribution in [1.82, 2.24) is 10.2 Å². The Labute approximate surface area is 160 Å². The molecule has 0 aliphatic rings. The Kier molecular flexibility index (Phi) is 5.74. The maximum Gasteiger partial charge on any atom is 0.416 e. The van der Waals surface area contributed by atoms with Gasteiger partial charge in [0.1, 0.15) is 11.3 Å². The third-order valence-corrected chi connectivity index (χ3v) is 4.40. The zero-order chi connectivity index (χ0) is 20.3. The van der Waals surface area contributed by atoms with E-state index in [1.807, 2.05) is 37.3 Å². The second-order valence-corrected chi connectivity index (χ2v) is 6.84. The molecule has 1 atom stereocenters. The first kappa shape index (κ1) is 19.9. The number of carbonyl (C=O) groups is 1. The number of nitrogens with zero attached hydrogens (tertiary/aromatic N) is 1. The fourth-order valence-electron chi connectivity index (χ4n) is 2.99. The van der Waals surface area contributed by atoms with E-state index in [1.54, 1.807) is 11.9 Å². The fourth-order valence-corrected chi connectivity index (χ4v) is 2.99. The van der Waals surface area contributed by atoms with Gasteiger partial charge in [0.15, 0.2) is 0 Å². The van der Waals surface area contributed by atoms with Gasteiger partial charge in [-0.1, -0.05) is 30.3 Å². The largest absolute Gasteiger partial charge is 0.459 e. The van der Waals surface area contributed by atoms with Crippen LogP contribution in [0.2, 0.25) is 0 Å². The molecule has 1 amide bonds. The number of hydrogen-bond acceptors (Lipinski definition) is 3. The van der Waals surface area contributed by atoms with E-state index in [9.17, 15) is 18.0 Å². The van der Waals surface area contributed by atoms with Crippen LogP contribution < -0.4 is 5.32 Å². The van der Waals surface area contributed by atoms with Crippen LogP contribution in [0.1, 0.15) is 29.9 Å². The zero-order valence-corrected chi connectivity index (χ0v) is 15.6. The van der Waals surface area contributed by atoms with Gasteiger partial charge in [-0.15, -0.1) is 0 Å². The van der Waals surface area contributed by atoms with Gasteiger partial charge in [0.25, 0.3) is 0 Å². The van der Waals surface area contributed by atoms with E-state index in [1.165, 1.54) is 12.1 Å². The van der Waals surface area contributed by atoms with Crippen molar-refractivity contribution in [1.29, 1.82) is 0 Å². The third kappa shape index (κ3) is 4.92. The monoisotopic (exact) mass is 390 g/mol. The summed E-state index contributed by atoms with van der Waals surface area (Å²) in [5.74, 6) is 0.474. The molecule has 0 aliphatic carbocycles. The Morgan fingerprint density at radius 3 is 2.46 bits per heavy atom. The number of hydrogen-bond donors (Lipinski definition) is 1. The van der Waals surface area contributed by atoms with Crippen molar-refractivity contribution in [2.75, 3.05) is 13.6 Å².